The van der Waals surface area contributed by atoms with Gasteiger partial charge in [0.1, 0.15) is 29.9 Å². The molecule has 0 spiro atoms. The van der Waals surface area contributed by atoms with Gasteiger partial charge in [0.05, 0.1) is 8.95 Å². The Bertz CT molecular complexity index is 664. The van der Waals surface area contributed by atoms with Crippen LogP contribution in [0.4, 0.5) is 0 Å². The predicted octanol–water partition coefficient (Wildman–Crippen LogP) is 3.04. The van der Waals surface area contributed by atoms with Crippen molar-refractivity contribution in [1.29, 1.82) is 0 Å². The zero-order valence-electron chi connectivity index (χ0n) is 11.7. The van der Waals surface area contributed by atoms with Gasteiger partial charge in [0.2, 0.25) is 0 Å². The topological polar surface area (TPSA) is 98.6 Å². The summed E-state index contributed by atoms with van der Waals surface area (Å²) in [6.07, 6.45) is 0.231. The number of hydrogen-bond acceptors (Lipinski definition) is 5. The lowest BCUT2D eigenvalue weighted by Gasteiger charge is -2.12. The summed E-state index contributed by atoms with van der Waals surface area (Å²) in [5, 5.41) is 12.7. The van der Waals surface area contributed by atoms with Gasteiger partial charge in [0.15, 0.2) is 0 Å². The number of halogens is 2. The van der Waals surface area contributed by atoms with Crippen molar-refractivity contribution in [3.63, 3.8) is 0 Å². The number of benzene rings is 1. The van der Waals surface area contributed by atoms with Gasteiger partial charge in [-0.25, -0.2) is 0 Å². The molecule has 1 unspecified atom stereocenters. The summed E-state index contributed by atoms with van der Waals surface area (Å²) in [4.78, 5) is 10.8. The molecule has 8 heteroatoms. The second-order valence-corrected chi connectivity index (χ2v) is 6.46. The third kappa shape index (κ3) is 4.31. The maximum absolute atomic E-state index is 10.8. The van der Waals surface area contributed by atoms with E-state index in [-0.39, 0.29) is 13.0 Å². The maximum atomic E-state index is 10.8. The Morgan fingerprint density at radius 1 is 1.41 bits per heavy atom. The molecule has 0 radical (unpaired) electrons. The summed E-state index contributed by atoms with van der Waals surface area (Å²) in [7, 11) is 0. The molecule has 0 aliphatic heterocycles. The molecule has 1 atom stereocenters. The molecular formula is C14H14Br2N2O4. The van der Waals surface area contributed by atoms with Crippen LogP contribution < -0.4 is 10.5 Å². The van der Waals surface area contributed by atoms with Crippen LogP contribution in [0.5, 0.6) is 5.75 Å². The van der Waals surface area contributed by atoms with Crippen LogP contribution in [0.15, 0.2) is 31.7 Å². The highest BCUT2D eigenvalue weighted by Gasteiger charge is 2.16. The average molecular weight is 434 g/mol. The van der Waals surface area contributed by atoms with E-state index in [1.807, 2.05) is 6.92 Å². The minimum absolute atomic E-state index is 0.231. The van der Waals surface area contributed by atoms with Crippen molar-refractivity contribution in [2.45, 2.75) is 26.0 Å². The van der Waals surface area contributed by atoms with Crippen LogP contribution in [0.25, 0.3) is 0 Å². The molecule has 1 aromatic heterocycles. The van der Waals surface area contributed by atoms with Gasteiger partial charge in [-0.15, -0.1) is 0 Å². The molecule has 0 saturated carbocycles. The first-order valence-electron chi connectivity index (χ1n) is 6.38. The summed E-state index contributed by atoms with van der Waals surface area (Å²) in [5.74, 6) is 0.289. The number of hydrogen-bond donors (Lipinski definition) is 2. The van der Waals surface area contributed by atoms with Gasteiger partial charge < -0.3 is 20.1 Å². The van der Waals surface area contributed by atoms with Gasteiger partial charge >= 0.3 is 5.97 Å². The van der Waals surface area contributed by atoms with Crippen LogP contribution in [0.3, 0.4) is 0 Å². The first-order valence-corrected chi connectivity index (χ1v) is 7.96. The fourth-order valence-corrected chi connectivity index (χ4v) is 3.35. The Labute approximate surface area is 143 Å². The molecule has 0 aliphatic rings. The molecule has 2 aromatic rings. The van der Waals surface area contributed by atoms with E-state index in [0.717, 1.165) is 11.3 Å². The van der Waals surface area contributed by atoms with E-state index in [4.69, 9.17) is 20.1 Å². The second-order valence-electron chi connectivity index (χ2n) is 4.76. The molecule has 22 heavy (non-hydrogen) atoms. The summed E-state index contributed by atoms with van der Waals surface area (Å²) in [5.41, 5.74) is 7.02. The van der Waals surface area contributed by atoms with Gasteiger partial charge in [-0.3, -0.25) is 4.79 Å². The molecule has 1 aromatic carbocycles. The monoisotopic (exact) mass is 432 g/mol. The Morgan fingerprint density at radius 2 is 2.05 bits per heavy atom. The van der Waals surface area contributed by atoms with Crippen molar-refractivity contribution < 1.29 is 19.2 Å². The standard InChI is InChI=1S/C14H14Br2N2O4/c1-7-2-9(18-22-7)6-21-13-10(15)3-8(4-11(13)16)5-12(17)14(19)20/h2-4,12H,5-6,17H2,1H3,(H,19,20). The lowest BCUT2D eigenvalue weighted by atomic mass is 10.1. The summed E-state index contributed by atoms with van der Waals surface area (Å²) >= 11 is 6.83. The minimum Gasteiger partial charge on any atom is -0.485 e. The molecular weight excluding hydrogens is 420 g/mol. The number of aryl methyl sites for hydroxylation is 1. The SMILES string of the molecule is Cc1cc(COc2c(Br)cc(CC(N)C(=O)O)cc2Br)no1. The van der Waals surface area contributed by atoms with Gasteiger partial charge in [-0.05, 0) is 62.9 Å². The smallest absolute Gasteiger partial charge is 0.320 e. The largest absolute Gasteiger partial charge is 0.485 e. The third-order valence-corrected chi connectivity index (χ3v) is 4.05. The van der Waals surface area contributed by atoms with Crippen LogP contribution in [-0.4, -0.2) is 22.3 Å². The van der Waals surface area contributed by atoms with Crippen LogP contribution in [-0.2, 0) is 17.8 Å². The fourth-order valence-electron chi connectivity index (χ4n) is 1.84. The minimum atomic E-state index is -1.03. The van der Waals surface area contributed by atoms with Crippen molar-refractivity contribution in [3.05, 3.63) is 44.2 Å². The molecule has 6 nitrogen and oxygen atoms in total. The normalized spacial score (nSPS) is 12.2. The highest BCUT2D eigenvalue weighted by atomic mass is 79.9. The Balaban J connectivity index is 2.11. The molecule has 0 amide bonds. The van der Waals surface area contributed by atoms with Crippen molar-refractivity contribution in [2.24, 2.45) is 5.73 Å². The van der Waals surface area contributed by atoms with Crippen LogP contribution in [0.2, 0.25) is 0 Å². The highest BCUT2D eigenvalue weighted by Crippen LogP contribution is 2.35. The Morgan fingerprint density at radius 3 is 2.55 bits per heavy atom. The van der Waals surface area contributed by atoms with Gasteiger partial charge in [0.25, 0.3) is 0 Å². The van der Waals surface area contributed by atoms with E-state index in [9.17, 15) is 4.79 Å². The first-order chi connectivity index (χ1) is 10.4. The molecule has 0 aliphatic carbocycles. The zero-order chi connectivity index (χ0) is 16.3. The fraction of sp³-hybridized carbons (Fsp3) is 0.286. The molecule has 2 rings (SSSR count). The zero-order valence-corrected chi connectivity index (χ0v) is 14.8. The molecule has 1 heterocycles. The average Bonchev–Trinajstić information content (AvgIpc) is 2.83. The Kier molecular flexibility index (Phi) is 5.60. The first kappa shape index (κ1) is 17.0. The number of ether oxygens (including phenoxy) is 1. The number of carboxylic acid groups (broad SMARTS) is 1. The predicted molar refractivity (Wildman–Crippen MR) is 86.7 cm³/mol. The molecule has 118 valence electrons. The maximum Gasteiger partial charge on any atom is 0.320 e. The van der Waals surface area contributed by atoms with E-state index in [2.05, 4.69) is 37.0 Å². The highest BCUT2D eigenvalue weighted by molar-refractivity contribution is 9.11. The Hall–Kier alpha value is -1.38. The van der Waals surface area contributed by atoms with Gasteiger partial charge in [0, 0.05) is 6.07 Å². The number of aromatic nitrogens is 1. The lowest BCUT2D eigenvalue weighted by molar-refractivity contribution is -0.138. The van der Waals surface area contributed by atoms with Crippen LogP contribution in [0.1, 0.15) is 17.0 Å². The van der Waals surface area contributed by atoms with Gasteiger partial charge in [-0.1, -0.05) is 5.16 Å². The van der Waals surface area contributed by atoms with Crippen molar-refractivity contribution in [2.75, 3.05) is 0 Å². The lowest BCUT2D eigenvalue weighted by Crippen LogP contribution is -2.32. The molecule has 0 fully saturated rings. The second kappa shape index (κ2) is 7.26. The van der Waals surface area contributed by atoms with Crippen LogP contribution >= 0.6 is 31.9 Å². The van der Waals surface area contributed by atoms with E-state index in [0.29, 0.717) is 20.4 Å². The number of nitrogens with two attached hydrogens (primary N) is 1. The number of nitrogens with zero attached hydrogens (tertiary/aromatic N) is 1. The summed E-state index contributed by atoms with van der Waals surface area (Å²) in [6, 6.07) is 4.43. The van der Waals surface area contributed by atoms with E-state index < -0.39 is 12.0 Å². The van der Waals surface area contributed by atoms with Crippen molar-refractivity contribution in [1.82, 2.24) is 5.16 Å². The number of rotatable bonds is 6. The van der Waals surface area contributed by atoms with E-state index >= 15 is 0 Å². The van der Waals surface area contributed by atoms with Crippen LogP contribution in [0, 0.1) is 6.92 Å². The molecule has 0 bridgehead atoms. The van der Waals surface area contributed by atoms with E-state index in [1.165, 1.54) is 0 Å². The molecule has 3 N–H and O–H groups in total. The third-order valence-electron chi connectivity index (χ3n) is 2.87. The summed E-state index contributed by atoms with van der Waals surface area (Å²) < 4.78 is 12.1. The van der Waals surface area contributed by atoms with Crippen molar-refractivity contribution >= 4 is 37.8 Å². The molecule has 0 saturated heterocycles. The van der Waals surface area contributed by atoms with Crippen molar-refractivity contribution in [3.8, 4) is 5.75 Å². The van der Waals surface area contributed by atoms with E-state index in [1.54, 1.807) is 18.2 Å². The summed E-state index contributed by atoms with van der Waals surface area (Å²) in [6.45, 7) is 2.07. The number of carboxylic acids is 1. The number of carbonyl (C=O) groups is 1. The number of aliphatic carboxylic acids is 1. The quantitative estimate of drug-likeness (QED) is 0.726. The van der Waals surface area contributed by atoms with Gasteiger partial charge in [-0.2, -0.15) is 0 Å².